The van der Waals surface area contributed by atoms with Crippen LogP contribution >= 0.6 is 23.2 Å². The van der Waals surface area contributed by atoms with E-state index in [1.54, 1.807) is 18.2 Å². The zero-order valence-electron chi connectivity index (χ0n) is 10.8. The minimum Gasteiger partial charge on any atom is -0.491 e. The van der Waals surface area contributed by atoms with Gasteiger partial charge in [-0.1, -0.05) is 29.6 Å². The number of rotatable bonds is 5. The van der Waals surface area contributed by atoms with Crippen LogP contribution in [0.1, 0.15) is 19.3 Å². The number of likely N-dealkylation sites (tertiary alicyclic amines) is 1. The molecule has 19 heavy (non-hydrogen) atoms. The number of halogens is 2. The highest BCUT2D eigenvalue weighted by atomic mass is 35.5. The Labute approximate surface area is 124 Å². The second kappa shape index (κ2) is 7.34. The molecular formula is C14H19Cl2NO2. The van der Waals surface area contributed by atoms with Gasteiger partial charge in [0.1, 0.15) is 12.4 Å². The lowest BCUT2D eigenvalue weighted by atomic mass is 10.0. The van der Waals surface area contributed by atoms with Gasteiger partial charge in [-0.05, 0) is 37.6 Å². The molecule has 2 rings (SSSR count). The van der Waals surface area contributed by atoms with Crippen molar-refractivity contribution >= 4 is 23.2 Å². The fraction of sp³-hybridized carbons (Fsp3) is 0.571. The van der Waals surface area contributed by atoms with Crippen LogP contribution in [0.5, 0.6) is 5.75 Å². The molecule has 1 N–H and O–H groups in total. The molecule has 1 aromatic rings. The molecule has 0 bridgehead atoms. The maximum atomic E-state index is 9.33. The van der Waals surface area contributed by atoms with E-state index >= 15 is 0 Å². The molecule has 1 aromatic carbocycles. The van der Waals surface area contributed by atoms with Gasteiger partial charge in [-0.2, -0.15) is 0 Å². The maximum Gasteiger partial charge on any atom is 0.138 e. The number of benzene rings is 1. The summed E-state index contributed by atoms with van der Waals surface area (Å²) < 4.78 is 5.67. The Morgan fingerprint density at radius 2 is 2.16 bits per heavy atom. The largest absolute Gasteiger partial charge is 0.491 e. The Morgan fingerprint density at radius 3 is 2.89 bits per heavy atom. The third kappa shape index (κ3) is 4.25. The van der Waals surface area contributed by atoms with Crippen molar-refractivity contribution in [2.75, 3.05) is 26.3 Å². The van der Waals surface area contributed by atoms with Crippen LogP contribution in [0.15, 0.2) is 18.2 Å². The van der Waals surface area contributed by atoms with Crippen LogP contribution in [-0.2, 0) is 0 Å². The highest BCUT2D eigenvalue weighted by molar-refractivity contribution is 6.35. The lowest BCUT2D eigenvalue weighted by molar-refractivity contribution is 0.0773. The lowest BCUT2D eigenvalue weighted by Gasteiger charge is -2.34. The van der Waals surface area contributed by atoms with Crippen LogP contribution in [0.3, 0.4) is 0 Å². The van der Waals surface area contributed by atoms with Gasteiger partial charge in [-0.15, -0.1) is 0 Å². The standard InChI is InChI=1S/C14H19Cl2NO2/c15-11-4-5-14(13(16)9-11)19-8-7-17-6-2-1-3-12(17)10-18/h4-5,9,12,18H,1-3,6-8,10H2. The molecule has 0 saturated carbocycles. The second-order valence-electron chi connectivity index (χ2n) is 4.79. The summed E-state index contributed by atoms with van der Waals surface area (Å²) in [4.78, 5) is 2.29. The number of hydrogen-bond acceptors (Lipinski definition) is 3. The summed E-state index contributed by atoms with van der Waals surface area (Å²) in [6.45, 7) is 2.63. The topological polar surface area (TPSA) is 32.7 Å². The van der Waals surface area contributed by atoms with Gasteiger partial charge in [0.05, 0.1) is 11.6 Å². The van der Waals surface area contributed by atoms with E-state index in [0.717, 1.165) is 19.5 Å². The number of piperidine rings is 1. The Bertz CT molecular complexity index is 414. The average molecular weight is 304 g/mol. The van der Waals surface area contributed by atoms with E-state index in [2.05, 4.69) is 4.90 Å². The average Bonchev–Trinajstić information content (AvgIpc) is 2.42. The zero-order valence-corrected chi connectivity index (χ0v) is 12.3. The molecule has 1 unspecified atom stereocenters. The van der Waals surface area contributed by atoms with Gasteiger partial charge < -0.3 is 9.84 Å². The minimum absolute atomic E-state index is 0.224. The second-order valence-corrected chi connectivity index (χ2v) is 5.63. The fourth-order valence-corrected chi connectivity index (χ4v) is 2.89. The van der Waals surface area contributed by atoms with Crippen molar-refractivity contribution in [2.24, 2.45) is 0 Å². The molecule has 5 heteroatoms. The van der Waals surface area contributed by atoms with Gasteiger partial charge in [0, 0.05) is 17.6 Å². The molecule has 1 aliphatic rings. The predicted octanol–water partition coefficient (Wildman–Crippen LogP) is 3.22. The predicted molar refractivity (Wildman–Crippen MR) is 78.3 cm³/mol. The first-order valence-corrected chi connectivity index (χ1v) is 7.39. The Morgan fingerprint density at radius 1 is 1.32 bits per heavy atom. The van der Waals surface area contributed by atoms with Crippen LogP contribution in [0, 0.1) is 0 Å². The van der Waals surface area contributed by atoms with Crippen molar-refractivity contribution in [3.8, 4) is 5.75 Å². The monoisotopic (exact) mass is 303 g/mol. The van der Waals surface area contributed by atoms with Crippen molar-refractivity contribution in [3.05, 3.63) is 28.2 Å². The molecule has 0 spiro atoms. The van der Waals surface area contributed by atoms with Crippen molar-refractivity contribution < 1.29 is 9.84 Å². The van der Waals surface area contributed by atoms with Crippen LogP contribution in [0.25, 0.3) is 0 Å². The highest BCUT2D eigenvalue weighted by Gasteiger charge is 2.21. The third-order valence-electron chi connectivity index (χ3n) is 3.49. The van der Waals surface area contributed by atoms with Crippen molar-refractivity contribution in [2.45, 2.75) is 25.3 Å². The summed E-state index contributed by atoms with van der Waals surface area (Å²) in [6, 6.07) is 5.50. The van der Waals surface area contributed by atoms with Gasteiger partial charge in [0.25, 0.3) is 0 Å². The highest BCUT2D eigenvalue weighted by Crippen LogP contribution is 2.27. The molecule has 1 saturated heterocycles. The van der Waals surface area contributed by atoms with Crippen LogP contribution in [-0.4, -0.2) is 42.4 Å². The molecule has 1 aliphatic heterocycles. The summed E-state index contributed by atoms with van der Waals surface area (Å²) in [6.07, 6.45) is 3.46. The van der Waals surface area contributed by atoms with Gasteiger partial charge >= 0.3 is 0 Å². The first kappa shape index (κ1) is 14.9. The van der Waals surface area contributed by atoms with Gasteiger partial charge in [0.2, 0.25) is 0 Å². The maximum absolute atomic E-state index is 9.33. The first-order valence-electron chi connectivity index (χ1n) is 6.63. The number of hydrogen-bond donors (Lipinski definition) is 1. The van der Waals surface area contributed by atoms with Crippen LogP contribution in [0.4, 0.5) is 0 Å². The Kier molecular flexibility index (Phi) is 5.76. The van der Waals surface area contributed by atoms with Crippen molar-refractivity contribution in [1.29, 1.82) is 0 Å². The van der Waals surface area contributed by atoms with Gasteiger partial charge in [-0.25, -0.2) is 0 Å². The third-order valence-corrected chi connectivity index (χ3v) is 4.02. The minimum atomic E-state index is 0.224. The van der Waals surface area contributed by atoms with E-state index < -0.39 is 0 Å². The van der Waals surface area contributed by atoms with E-state index in [9.17, 15) is 5.11 Å². The molecule has 0 radical (unpaired) electrons. The summed E-state index contributed by atoms with van der Waals surface area (Å²) in [5, 5.41) is 10.5. The van der Waals surface area contributed by atoms with E-state index in [1.165, 1.54) is 12.8 Å². The molecule has 0 aliphatic carbocycles. The molecular weight excluding hydrogens is 285 g/mol. The number of aliphatic hydroxyl groups is 1. The van der Waals surface area contributed by atoms with E-state index in [4.69, 9.17) is 27.9 Å². The molecule has 1 fully saturated rings. The SMILES string of the molecule is OCC1CCCCN1CCOc1ccc(Cl)cc1Cl. The number of ether oxygens (including phenoxy) is 1. The van der Waals surface area contributed by atoms with Gasteiger partial charge in [0.15, 0.2) is 0 Å². The molecule has 0 amide bonds. The zero-order chi connectivity index (χ0) is 13.7. The summed E-state index contributed by atoms with van der Waals surface area (Å²) in [7, 11) is 0. The normalized spacial score (nSPS) is 20.5. The molecule has 1 heterocycles. The molecule has 1 atom stereocenters. The summed E-state index contributed by atoms with van der Waals surface area (Å²) >= 11 is 11.9. The number of nitrogens with zero attached hydrogens (tertiary/aromatic N) is 1. The molecule has 106 valence electrons. The fourth-order valence-electron chi connectivity index (χ4n) is 2.43. The van der Waals surface area contributed by atoms with E-state index in [0.29, 0.717) is 22.4 Å². The first-order chi connectivity index (χ1) is 9.20. The van der Waals surface area contributed by atoms with E-state index in [-0.39, 0.29) is 12.6 Å². The van der Waals surface area contributed by atoms with Crippen molar-refractivity contribution in [3.63, 3.8) is 0 Å². The van der Waals surface area contributed by atoms with Crippen molar-refractivity contribution in [1.82, 2.24) is 4.90 Å². The van der Waals surface area contributed by atoms with E-state index in [1.807, 2.05) is 0 Å². The smallest absolute Gasteiger partial charge is 0.138 e. The van der Waals surface area contributed by atoms with Gasteiger partial charge in [-0.3, -0.25) is 4.90 Å². The van der Waals surface area contributed by atoms with Crippen LogP contribution in [0.2, 0.25) is 10.0 Å². The number of aliphatic hydroxyl groups excluding tert-OH is 1. The summed E-state index contributed by atoms with van der Waals surface area (Å²) in [5.74, 6) is 0.656. The Balaban J connectivity index is 1.82. The summed E-state index contributed by atoms with van der Waals surface area (Å²) in [5.41, 5.74) is 0. The molecule has 0 aromatic heterocycles. The van der Waals surface area contributed by atoms with Crippen LogP contribution < -0.4 is 4.74 Å². The quantitative estimate of drug-likeness (QED) is 0.906. The lowest BCUT2D eigenvalue weighted by Crippen LogP contribution is -2.43. The Hall–Kier alpha value is -0.480. The molecule has 3 nitrogen and oxygen atoms in total.